The molecule has 5 fully saturated rings. The molecule has 4 heterocycles. The van der Waals surface area contributed by atoms with E-state index in [1.54, 1.807) is 7.11 Å². The maximum atomic E-state index is 13.8. The first-order valence-corrected chi connectivity index (χ1v) is 16.2. The van der Waals surface area contributed by atoms with Gasteiger partial charge >= 0.3 is 6.03 Å². The zero-order valence-corrected chi connectivity index (χ0v) is 25.7. The number of ether oxygens (including phenoxy) is 1. The van der Waals surface area contributed by atoms with E-state index >= 15 is 0 Å². The third kappa shape index (κ3) is 5.91. The Morgan fingerprint density at radius 1 is 1.10 bits per heavy atom. The van der Waals surface area contributed by atoms with Crippen LogP contribution < -0.4 is 5.32 Å². The van der Waals surface area contributed by atoms with Crippen molar-refractivity contribution < 1.29 is 19.2 Å². The maximum absolute atomic E-state index is 13.8. The summed E-state index contributed by atoms with van der Waals surface area (Å²) in [5, 5.41) is 7.38. The fourth-order valence-corrected chi connectivity index (χ4v) is 8.58. The van der Waals surface area contributed by atoms with Crippen LogP contribution in [0.4, 0.5) is 4.79 Å². The quantitative estimate of drug-likeness (QED) is 0.410. The summed E-state index contributed by atoms with van der Waals surface area (Å²) < 4.78 is 5.58. The number of oxime groups is 1. The summed E-state index contributed by atoms with van der Waals surface area (Å²) in [4.78, 5) is 39.0. The lowest BCUT2D eigenvalue weighted by Gasteiger charge is -2.49. The first kappa shape index (κ1) is 29.4. The molecule has 9 heteroatoms. The number of benzene rings is 1. The number of hydrogen-bond acceptors (Lipinski definition) is 6. The highest BCUT2D eigenvalue weighted by atomic mass is 16.6. The molecule has 5 aliphatic rings. The second-order valence-corrected chi connectivity index (χ2v) is 13.6. The number of piperidine rings is 1. The molecule has 3 atom stereocenters. The van der Waals surface area contributed by atoms with Crippen molar-refractivity contribution in [3.05, 3.63) is 35.9 Å². The summed E-state index contributed by atoms with van der Waals surface area (Å²) in [6.07, 6.45) is 8.82. The molecule has 4 saturated heterocycles. The third-order valence-electron chi connectivity index (χ3n) is 10.6. The SMILES string of the molecule is CON=C1CC(C(=O)N[C@@H](CCN2C3CCC2CC2(C3)CN(CC3CCOCC3)C(=O)N2C(C)C)c2ccccc2)C1. The molecular weight excluding hydrogens is 530 g/mol. The summed E-state index contributed by atoms with van der Waals surface area (Å²) in [7, 11) is 1.55. The topological polar surface area (TPSA) is 86.7 Å². The summed E-state index contributed by atoms with van der Waals surface area (Å²) in [5.41, 5.74) is 2.05. The van der Waals surface area contributed by atoms with Gasteiger partial charge in [0.15, 0.2) is 0 Å². The fourth-order valence-electron chi connectivity index (χ4n) is 8.58. The van der Waals surface area contributed by atoms with Crippen LogP contribution in [0.15, 0.2) is 35.5 Å². The van der Waals surface area contributed by atoms with Crippen LogP contribution in [0.3, 0.4) is 0 Å². The number of amides is 3. The monoisotopic (exact) mass is 579 g/mol. The van der Waals surface area contributed by atoms with Gasteiger partial charge in [0.05, 0.1) is 17.3 Å². The Balaban J connectivity index is 1.11. The molecule has 3 amide bonds. The summed E-state index contributed by atoms with van der Waals surface area (Å²) in [5.74, 6) is 0.635. The predicted molar refractivity (Wildman–Crippen MR) is 162 cm³/mol. The van der Waals surface area contributed by atoms with Crippen molar-refractivity contribution in [3.63, 3.8) is 0 Å². The minimum atomic E-state index is -0.0719. The zero-order valence-electron chi connectivity index (χ0n) is 25.7. The zero-order chi connectivity index (χ0) is 29.3. The van der Waals surface area contributed by atoms with Gasteiger partial charge in [0.1, 0.15) is 7.11 Å². The number of carbonyl (C=O) groups is 2. The lowest BCUT2D eigenvalue weighted by Crippen LogP contribution is -2.60. The first-order valence-electron chi connectivity index (χ1n) is 16.2. The van der Waals surface area contributed by atoms with Crippen molar-refractivity contribution in [1.29, 1.82) is 0 Å². The van der Waals surface area contributed by atoms with E-state index in [2.05, 4.69) is 63.3 Å². The van der Waals surface area contributed by atoms with Crippen molar-refractivity contribution in [2.24, 2.45) is 17.0 Å². The highest BCUT2D eigenvalue weighted by molar-refractivity contribution is 5.99. The van der Waals surface area contributed by atoms with Crippen LogP contribution in [0.5, 0.6) is 0 Å². The molecule has 2 unspecified atom stereocenters. The normalized spacial score (nSPS) is 30.6. The van der Waals surface area contributed by atoms with Crippen molar-refractivity contribution in [3.8, 4) is 0 Å². The van der Waals surface area contributed by atoms with Gasteiger partial charge in [0, 0.05) is 69.7 Å². The van der Waals surface area contributed by atoms with Gasteiger partial charge in [-0.1, -0.05) is 35.5 Å². The fraction of sp³-hybridized carbons (Fsp3) is 0.727. The summed E-state index contributed by atoms with van der Waals surface area (Å²) in [6.45, 7) is 8.69. The number of nitrogens with one attached hydrogen (secondary N) is 1. The molecule has 1 N–H and O–H groups in total. The molecule has 0 aromatic heterocycles. The van der Waals surface area contributed by atoms with Crippen LogP contribution in [0.1, 0.15) is 83.2 Å². The van der Waals surface area contributed by atoms with Crippen LogP contribution in [-0.2, 0) is 14.4 Å². The number of rotatable bonds is 10. The van der Waals surface area contributed by atoms with Crippen molar-refractivity contribution in [2.45, 2.75) is 101 Å². The molecule has 1 aliphatic carbocycles. The summed E-state index contributed by atoms with van der Waals surface area (Å²) in [6, 6.07) is 11.8. The van der Waals surface area contributed by atoms with Gasteiger partial charge < -0.3 is 24.7 Å². The van der Waals surface area contributed by atoms with Crippen LogP contribution in [0.2, 0.25) is 0 Å². The van der Waals surface area contributed by atoms with Crippen LogP contribution in [-0.4, -0.2) is 96.0 Å². The number of urea groups is 1. The van der Waals surface area contributed by atoms with Crippen LogP contribution in [0.25, 0.3) is 0 Å². The third-order valence-corrected chi connectivity index (χ3v) is 10.6. The van der Waals surface area contributed by atoms with E-state index in [0.717, 1.165) is 76.2 Å². The molecule has 1 aromatic carbocycles. The van der Waals surface area contributed by atoms with E-state index in [4.69, 9.17) is 9.57 Å². The van der Waals surface area contributed by atoms with Gasteiger partial charge in [-0.3, -0.25) is 9.69 Å². The van der Waals surface area contributed by atoms with E-state index in [1.807, 2.05) is 6.07 Å². The van der Waals surface area contributed by atoms with E-state index in [1.165, 1.54) is 12.8 Å². The molecular formula is C33H49N5O4. The van der Waals surface area contributed by atoms with E-state index in [9.17, 15) is 9.59 Å². The lowest BCUT2D eigenvalue weighted by atomic mass is 9.81. The summed E-state index contributed by atoms with van der Waals surface area (Å²) >= 11 is 0. The highest BCUT2D eigenvalue weighted by Crippen LogP contribution is 2.48. The second kappa shape index (κ2) is 12.5. The molecule has 42 heavy (non-hydrogen) atoms. The number of nitrogens with zero attached hydrogens (tertiary/aromatic N) is 4. The largest absolute Gasteiger partial charge is 0.399 e. The van der Waals surface area contributed by atoms with Crippen molar-refractivity contribution in [1.82, 2.24) is 20.0 Å². The van der Waals surface area contributed by atoms with Gasteiger partial charge in [0.2, 0.25) is 5.91 Å². The Labute approximate surface area is 250 Å². The van der Waals surface area contributed by atoms with Gasteiger partial charge in [-0.2, -0.15) is 0 Å². The first-order chi connectivity index (χ1) is 20.4. The molecule has 230 valence electrons. The standard InChI is InChI=1S/C33H49N5O4/c1-23(2)38-32(40)36(21-24-12-15-42-16-13-24)22-33(38)19-28-9-10-29(20-33)37(28)14-11-30(25-7-5-4-6-8-25)34-31(39)26-17-27(18-26)35-41-3/h4-8,23-24,26,28-30H,9-22H2,1-3H3,(H,34,39)/t26?,28?,29?,30-,33?/m0/s1. The molecule has 2 bridgehead atoms. The Hall–Kier alpha value is -2.65. The number of fused-ring (bicyclic) bond motifs is 2. The number of carbonyl (C=O) groups excluding carboxylic acids is 2. The van der Waals surface area contributed by atoms with E-state index in [-0.39, 0.29) is 35.5 Å². The van der Waals surface area contributed by atoms with Gasteiger partial charge in [-0.05, 0) is 70.3 Å². The molecule has 1 saturated carbocycles. The van der Waals surface area contributed by atoms with Crippen LogP contribution in [0, 0.1) is 11.8 Å². The average Bonchev–Trinajstić information content (AvgIpc) is 3.37. The number of hydrogen-bond donors (Lipinski definition) is 1. The maximum Gasteiger partial charge on any atom is 0.320 e. The Morgan fingerprint density at radius 2 is 1.79 bits per heavy atom. The minimum absolute atomic E-state index is 0.0208. The second-order valence-electron chi connectivity index (χ2n) is 13.6. The van der Waals surface area contributed by atoms with Gasteiger partial charge in [-0.15, -0.1) is 0 Å². The predicted octanol–water partition coefficient (Wildman–Crippen LogP) is 4.58. The lowest BCUT2D eigenvalue weighted by molar-refractivity contribution is -0.126. The van der Waals surface area contributed by atoms with Crippen molar-refractivity contribution in [2.75, 3.05) is 40.0 Å². The van der Waals surface area contributed by atoms with Crippen molar-refractivity contribution >= 4 is 17.6 Å². The minimum Gasteiger partial charge on any atom is -0.399 e. The molecule has 1 spiro atoms. The smallest absolute Gasteiger partial charge is 0.320 e. The van der Waals surface area contributed by atoms with Crippen LogP contribution >= 0.6 is 0 Å². The Morgan fingerprint density at radius 3 is 2.43 bits per heavy atom. The van der Waals surface area contributed by atoms with E-state index in [0.29, 0.717) is 30.8 Å². The Bertz CT molecular complexity index is 1110. The van der Waals surface area contributed by atoms with Gasteiger partial charge in [0.25, 0.3) is 0 Å². The Kier molecular flexibility index (Phi) is 8.78. The van der Waals surface area contributed by atoms with Gasteiger partial charge in [-0.25, -0.2) is 4.79 Å². The highest BCUT2D eigenvalue weighted by Gasteiger charge is 2.57. The molecule has 0 radical (unpaired) electrons. The molecule has 9 nitrogen and oxygen atoms in total. The molecule has 1 aromatic rings. The average molecular weight is 580 g/mol. The molecule has 4 aliphatic heterocycles. The van der Waals surface area contributed by atoms with E-state index < -0.39 is 0 Å². The molecule has 6 rings (SSSR count).